The van der Waals surface area contributed by atoms with Crippen molar-refractivity contribution in [1.82, 2.24) is 0 Å². The lowest BCUT2D eigenvalue weighted by Crippen LogP contribution is -2.30. The fourth-order valence-electron chi connectivity index (χ4n) is 13.5. The third kappa shape index (κ3) is 5.82. The number of benzene rings is 12. The minimum absolute atomic E-state index is 0.634. The molecule has 0 N–H and O–H groups in total. The van der Waals surface area contributed by atoms with Crippen LogP contribution in [0.2, 0.25) is 0 Å². The molecule has 12 aromatic rings. The van der Waals surface area contributed by atoms with E-state index in [0.717, 1.165) is 34.1 Å². The van der Waals surface area contributed by atoms with Gasteiger partial charge in [-0.25, -0.2) is 0 Å². The van der Waals surface area contributed by atoms with Gasteiger partial charge in [0.25, 0.3) is 0 Å². The van der Waals surface area contributed by atoms with E-state index >= 15 is 0 Å². The summed E-state index contributed by atoms with van der Waals surface area (Å²) in [6.07, 6.45) is 0. The van der Waals surface area contributed by atoms with Crippen molar-refractivity contribution in [2.75, 3.05) is 9.80 Å². The van der Waals surface area contributed by atoms with E-state index in [4.69, 9.17) is 0 Å². The highest BCUT2D eigenvalue weighted by atomic mass is 15.2. The molecule has 0 aliphatic heterocycles. The summed E-state index contributed by atoms with van der Waals surface area (Å²) in [5.41, 5.74) is 23.2. The zero-order valence-electron chi connectivity index (χ0n) is 40.6. The second-order valence-corrected chi connectivity index (χ2v) is 19.8. The summed E-state index contributed by atoms with van der Waals surface area (Å²) in [7, 11) is 0. The molecule has 0 amide bonds. The Kier molecular flexibility index (Phi) is 9.43. The topological polar surface area (TPSA) is 6.48 Å². The van der Waals surface area contributed by atoms with E-state index < -0.39 is 10.8 Å². The standard InChI is InChI=1S/C72H48N2/c1-6-25-49(26-7-1)71(50-27-8-2-9-28-50)62-41-21-19-36-56(62)60-40-24-44-67(70(60)71)74(53-33-14-5-15-34-53)68-48-66-69(59-38-17-16-37-58(59)68)61-39-20-23-43-64(61)72(66)63-42-22-18-35-55(63)57-46-45-54(47-65(57)72)73(51-29-10-3-11-30-51)52-31-12-4-13-32-52/h1-48H. The van der Waals surface area contributed by atoms with Gasteiger partial charge in [-0.3, -0.25) is 0 Å². The Morgan fingerprint density at radius 3 is 1.26 bits per heavy atom. The van der Waals surface area contributed by atoms with Gasteiger partial charge in [0.1, 0.15) is 0 Å². The van der Waals surface area contributed by atoms with Crippen molar-refractivity contribution in [2.24, 2.45) is 0 Å². The normalized spacial score (nSPS) is 14.9. The van der Waals surface area contributed by atoms with Crippen molar-refractivity contribution in [3.8, 4) is 33.4 Å². The minimum atomic E-state index is -0.652. The van der Waals surface area contributed by atoms with E-state index in [2.05, 4.69) is 301 Å². The molecule has 1 spiro atoms. The van der Waals surface area contributed by atoms with Gasteiger partial charge < -0.3 is 9.80 Å². The van der Waals surface area contributed by atoms with Gasteiger partial charge in [-0.15, -0.1) is 0 Å². The zero-order chi connectivity index (χ0) is 48.8. The second-order valence-electron chi connectivity index (χ2n) is 19.8. The molecular weight excluding hydrogens is 893 g/mol. The molecular formula is C72H48N2. The summed E-state index contributed by atoms with van der Waals surface area (Å²) in [6, 6.07) is 109. The van der Waals surface area contributed by atoms with E-state index in [1.165, 1.54) is 88.7 Å². The second kappa shape index (κ2) is 16.5. The predicted molar refractivity (Wildman–Crippen MR) is 307 cm³/mol. The summed E-state index contributed by atoms with van der Waals surface area (Å²) < 4.78 is 0. The summed E-state index contributed by atoms with van der Waals surface area (Å²) in [5.74, 6) is 0. The highest BCUT2D eigenvalue weighted by molar-refractivity contribution is 6.13. The fourth-order valence-corrected chi connectivity index (χ4v) is 13.5. The average molecular weight is 941 g/mol. The molecule has 0 fully saturated rings. The number of hydrogen-bond donors (Lipinski definition) is 0. The van der Waals surface area contributed by atoms with Gasteiger partial charge in [0.05, 0.1) is 22.2 Å². The predicted octanol–water partition coefficient (Wildman–Crippen LogP) is 18.5. The molecule has 3 aliphatic rings. The average Bonchev–Trinajstić information content (AvgIpc) is 4.15. The highest BCUT2D eigenvalue weighted by Crippen LogP contribution is 2.66. The van der Waals surface area contributed by atoms with Gasteiger partial charge in [0, 0.05) is 33.7 Å². The van der Waals surface area contributed by atoms with Crippen molar-refractivity contribution in [3.63, 3.8) is 0 Å². The SMILES string of the molecule is c1ccc(N(c2ccccc2)c2ccc3c(c2)C2(c4ccccc4-3)c3ccccc3-c3c2cc(N(c2ccccc2)c2cccc4c2C(c2ccccc2)(c2ccccc2)c2ccccc2-4)c2ccccc32)cc1. The lowest BCUT2D eigenvalue weighted by Gasteiger charge is -2.38. The van der Waals surface area contributed by atoms with E-state index in [1.54, 1.807) is 0 Å². The first kappa shape index (κ1) is 42.2. The van der Waals surface area contributed by atoms with Crippen molar-refractivity contribution in [1.29, 1.82) is 0 Å². The van der Waals surface area contributed by atoms with Crippen molar-refractivity contribution < 1.29 is 0 Å². The fraction of sp³-hybridized carbons (Fsp3) is 0.0278. The van der Waals surface area contributed by atoms with Gasteiger partial charge in [-0.05, 0) is 138 Å². The lowest BCUT2D eigenvalue weighted by molar-refractivity contribution is 0.768. The molecule has 74 heavy (non-hydrogen) atoms. The van der Waals surface area contributed by atoms with Crippen LogP contribution in [0.4, 0.5) is 34.1 Å². The summed E-state index contributed by atoms with van der Waals surface area (Å²) in [4.78, 5) is 5.00. The number of hydrogen-bond acceptors (Lipinski definition) is 2. The molecule has 12 aromatic carbocycles. The van der Waals surface area contributed by atoms with Crippen molar-refractivity contribution in [3.05, 3.63) is 336 Å². The van der Waals surface area contributed by atoms with Crippen LogP contribution in [0.1, 0.15) is 44.5 Å². The monoisotopic (exact) mass is 940 g/mol. The summed E-state index contributed by atoms with van der Waals surface area (Å²) in [6.45, 7) is 0. The smallest absolute Gasteiger partial charge is 0.0734 e. The Balaban J connectivity index is 1.06. The molecule has 0 aromatic heterocycles. The third-order valence-electron chi connectivity index (χ3n) is 16.3. The Morgan fingerprint density at radius 2 is 0.662 bits per heavy atom. The molecule has 0 radical (unpaired) electrons. The van der Waals surface area contributed by atoms with Crippen LogP contribution in [0.3, 0.4) is 0 Å². The van der Waals surface area contributed by atoms with E-state index in [9.17, 15) is 0 Å². The van der Waals surface area contributed by atoms with Gasteiger partial charge in [0.2, 0.25) is 0 Å². The molecule has 2 nitrogen and oxygen atoms in total. The number of rotatable bonds is 8. The first-order chi connectivity index (χ1) is 36.8. The Labute approximate surface area is 432 Å². The minimum Gasteiger partial charge on any atom is -0.310 e. The molecule has 0 saturated carbocycles. The van der Waals surface area contributed by atoms with Gasteiger partial charge >= 0.3 is 0 Å². The molecule has 15 rings (SSSR count). The van der Waals surface area contributed by atoms with Crippen LogP contribution >= 0.6 is 0 Å². The number of nitrogens with zero attached hydrogens (tertiary/aromatic N) is 2. The van der Waals surface area contributed by atoms with Crippen LogP contribution in [0.25, 0.3) is 44.2 Å². The van der Waals surface area contributed by atoms with Crippen LogP contribution in [0, 0.1) is 0 Å². The quantitative estimate of drug-likeness (QED) is 0.150. The molecule has 1 atom stereocenters. The van der Waals surface area contributed by atoms with Crippen molar-refractivity contribution >= 4 is 44.9 Å². The molecule has 346 valence electrons. The Morgan fingerprint density at radius 1 is 0.230 bits per heavy atom. The number of anilines is 6. The van der Waals surface area contributed by atoms with Crippen LogP contribution in [0.15, 0.2) is 291 Å². The van der Waals surface area contributed by atoms with Crippen molar-refractivity contribution in [2.45, 2.75) is 10.8 Å². The first-order valence-corrected chi connectivity index (χ1v) is 25.8. The van der Waals surface area contributed by atoms with E-state index in [-0.39, 0.29) is 0 Å². The zero-order valence-corrected chi connectivity index (χ0v) is 40.6. The van der Waals surface area contributed by atoms with E-state index in [1.807, 2.05) is 0 Å². The van der Waals surface area contributed by atoms with Crippen LogP contribution in [-0.2, 0) is 10.8 Å². The number of para-hydroxylation sites is 3. The summed E-state index contributed by atoms with van der Waals surface area (Å²) in [5, 5.41) is 2.43. The van der Waals surface area contributed by atoms with E-state index in [0.29, 0.717) is 0 Å². The third-order valence-corrected chi connectivity index (χ3v) is 16.3. The van der Waals surface area contributed by atoms with Gasteiger partial charge in [-0.1, -0.05) is 231 Å². The van der Waals surface area contributed by atoms with Crippen LogP contribution in [0.5, 0.6) is 0 Å². The van der Waals surface area contributed by atoms with Gasteiger partial charge in [-0.2, -0.15) is 0 Å². The first-order valence-electron chi connectivity index (χ1n) is 25.8. The maximum absolute atomic E-state index is 2.59. The van der Waals surface area contributed by atoms with Gasteiger partial charge in [0.15, 0.2) is 0 Å². The maximum atomic E-state index is 2.59. The molecule has 0 bridgehead atoms. The number of fused-ring (bicyclic) bond motifs is 15. The highest BCUT2D eigenvalue weighted by Gasteiger charge is 2.53. The molecule has 1 unspecified atom stereocenters. The Bertz CT molecular complexity index is 4050. The maximum Gasteiger partial charge on any atom is 0.0734 e. The lowest BCUT2D eigenvalue weighted by atomic mass is 9.67. The largest absolute Gasteiger partial charge is 0.310 e. The molecule has 0 heterocycles. The molecule has 0 saturated heterocycles. The molecule has 2 heteroatoms. The summed E-state index contributed by atoms with van der Waals surface area (Å²) >= 11 is 0. The Hall–Kier alpha value is -9.50. The van der Waals surface area contributed by atoms with Crippen LogP contribution in [-0.4, -0.2) is 0 Å². The van der Waals surface area contributed by atoms with Crippen LogP contribution < -0.4 is 9.80 Å². The molecule has 3 aliphatic carbocycles.